The zero-order valence-corrected chi connectivity index (χ0v) is 17.2. The van der Waals surface area contributed by atoms with Crippen LogP contribution in [0, 0.1) is 13.8 Å². The number of imidazole rings is 1. The lowest BCUT2D eigenvalue weighted by atomic mass is 10.0. The van der Waals surface area contributed by atoms with Gasteiger partial charge in [-0.15, -0.1) is 0 Å². The molecule has 0 bridgehead atoms. The van der Waals surface area contributed by atoms with E-state index in [9.17, 15) is 8.42 Å². The van der Waals surface area contributed by atoms with Crippen molar-refractivity contribution in [2.24, 2.45) is 0 Å². The fourth-order valence-corrected chi connectivity index (χ4v) is 5.67. The van der Waals surface area contributed by atoms with Gasteiger partial charge in [-0.2, -0.15) is 4.31 Å². The zero-order valence-electron chi connectivity index (χ0n) is 16.4. The monoisotopic (exact) mass is 391 g/mol. The molecule has 0 radical (unpaired) electrons. The minimum absolute atomic E-state index is 0.000499. The maximum Gasteiger partial charge on any atom is 0.247 e. The van der Waals surface area contributed by atoms with Crippen molar-refractivity contribution < 1.29 is 13.2 Å². The summed E-state index contributed by atoms with van der Waals surface area (Å²) in [4.78, 5) is 4.54. The fourth-order valence-electron chi connectivity index (χ4n) is 3.73. The molecular formula is C20H29N3O3S. The predicted octanol–water partition coefficient (Wildman–Crippen LogP) is 3.53. The molecule has 2 heterocycles. The van der Waals surface area contributed by atoms with Gasteiger partial charge in [0, 0.05) is 31.5 Å². The molecule has 0 spiro atoms. The van der Waals surface area contributed by atoms with E-state index in [0.29, 0.717) is 18.9 Å². The molecule has 1 aliphatic heterocycles. The molecule has 0 saturated carbocycles. The van der Waals surface area contributed by atoms with Gasteiger partial charge < -0.3 is 9.30 Å². The number of hydrogen-bond acceptors (Lipinski definition) is 4. The van der Waals surface area contributed by atoms with Crippen molar-refractivity contribution in [2.45, 2.75) is 63.9 Å². The predicted molar refractivity (Wildman–Crippen MR) is 105 cm³/mol. The number of nitrogens with zero attached hydrogens (tertiary/aromatic N) is 3. The van der Waals surface area contributed by atoms with Crippen LogP contribution in [-0.4, -0.2) is 41.5 Å². The number of hydrogen-bond donors (Lipinski definition) is 0. The first kappa shape index (κ1) is 19.9. The Morgan fingerprint density at radius 2 is 2.07 bits per heavy atom. The number of ether oxygens (including phenoxy) is 1. The summed E-state index contributed by atoms with van der Waals surface area (Å²) in [5.74, 6) is 1.40. The summed E-state index contributed by atoms with van der Waals surface area (Å²) in [7, 11) is -3.60. The van der Waals surface area contributed by atoms with Gasteiger partial charge in [0.1, 0.15) is 16.5 Å². The van der Waals surface area contributed by atoms with Crippen LogP contribution in [0.5, 0.6) is 5.75 Å². The van der Waals surface area contributed by atoms with Crippen LogP contribution in [0.2, 0.25) is 0 Å². The van der Waals surface area contributed by atoms with E-state index in [4.69, 9.17) is 4.74 Å². The van der Waals surface area contributed by atoms with E-state index in [1.807, 2.05) is 33.0 Å². The van der Waals surface area contributed by atoms with Crippen LogP contribution >= 0.6 is 0 Å². The Kier molecular flexibility index (Phi) is 6.22. The van der Waals surface area contributed by atoms with Crippen LogP contribution < -0.4 is 4.74 Å². The molecule has 6 nitrogen and oxygen atoms in total. The van der Waals surface area contributed by atoms with Crippen molar-refractivity contribution in [3.05, 3.63) is 42.0 Å². The molecule has 7 heteroatoms. The number of aromatic nitrogens is 2. The van der Waals surface area contributed by atoms with Gasteiger partial charge in [-0.1, -0.05) is 12.5 Å². The highest BCUT2D eigenvalue weighted by Crippen LogP contribution is 2.33. The molecule has 27 heavy (non-hydrogen) atoms. The zero-order chi connectivity index (χ0) is 19.4. The Bertz CT molecular complexity index is 876. The number of piperidine rings is 1. The van der Waals surface area contributed by atoms with Gasteiger partial charge in [-0.25, -0.2) is 13.4 Å². The summed E-state index contributed by atoms with van der Waals surface area (Å²) in [6.45, 7) is 7.52. The quantitative estimate of drug-likeness (QED) is 0.724. The van der Waals surface area contributed by atoms with E-state index in [2.05, 4.69) is 9.55 Å². The molecule has 2 aromatic rings. The van der Waals surface area contributed by atoms with Gasteiger partial charge in [-0.05, 0) is 57.7 Å². The molecule has 1 aromatic heterocycles. The smallest absolute Gasteiger partial charge is 0.247 e. The Balaban J connectivity index is 1.87. The van der Waals surface area contributed by atoms with Crippen molar-refractivity contribution >= 4 is 10.0 Å². The maximum absolute atomic E-state index is 13.5. The molecular weight excluding hydrogens is 362 g/mol. The lowest BCUT2D eigenvalue weighted by Gasteiger charge is -2.35. The number of aryl methyl sites for hydroxylation is 3. The van der Waals surface area contributed by atoms with Crippen molar-refractivity contribution in [1.82, 2.24) is 13.9 Å². The Morgan fingerprint density at radius 1 is 1.26 bits per heavy atom. The summed E-state index contributed by atoms with van der Waals surface area (Å²) in [6, 6.07) is 5.38. The molecule has 0 aliphatic carbocycles. The SMILES string of the molecule is CCOc1ccc(C)cc1S(=O)(=O)N1CCCCC1CCn1ccnc1C. The van der Waals surface area contributed by atoms with E-state index in [0.717, 1.165) is 43.6 Å². The minimum Gasteiger partial charge on any atom is -0.492 e. The van der Waals surface area contributed by atoms with Crippen LogP contribution in [0.15, 0.2) is 35.5 Å². The Labute approximate surface area is 162 Å². The van der Waals surface area contributed by atoms with Gasteiger partial charge in [0.2, 0.25) is 10.0 Å². The summed E-state index contributed by atoms with van der Waals surface area (Å²) in [5.41, 5.74) is 0.916. The average Bonchev–Trinajstić information content (AvgIpc) is 3.06. The van der Waals surface area contributed by atoms with Crippen LogP contribution in [-0.2, 0) is 16.6 Å². The highest BCUT2D eigenvalue weighted by molar-refractivity contribution is 7.89. The summed E-state index contributed by atoms with van der Waals surface area (Å²) < 4.78 is 36.4. The Morgan fingerprint density at radius 3 is 2.78 bits per heavy atom. The van der Waals surface area contributed by atoms with Gasteiger partial charge in [-0.3, -0.25) is 0 Å². The van der Waals surface area contributed by atoms with Crippen LogP contribution in [0.4, 0.5) is 0 Å². The van der Waals surface area contributed by atoms with E-state index >= 15 is 0 Å². The normalized spacial score (nSPS) is 18.6. The largest absolute Gasteiger partial charge is 0.492 e. The molecule has 1 atom stereocenters. The molecule has 1 aromatic carbocycles. The molecule has 1 fully saturated rings. The first-order chi connectivity index (χ1) is 12.9. The molecule has 0 N–H and O–H groups in total. The summed E-state index contributed by atoms with van der Waals surface area (Å²) in [6.07, 6.45) is 7.37. The van der Waals surface area contributed by atoms with E-state index in [1.54, 1.807) is 22.6 Å². The van der Waals surface area contributed by atoms with Crippen molar-refractivity contribution in [3.8, 4) is 5.75 Å². The standard InChI is InChI=1S/C20H29N3O3S/c1-4-26-19-9-8-16(2)15-20(19)27(24,25)23-12-6-5-7-18(23)10-13-22-14-11-21-17(22)3/h8-9,11,14-15,18H,4-7,10,12-13H2,1-3H3. The van der Waals surface area contributed by atoms with Crippen LogP contribution in [0.1, 0.15) is 44.0 Å². The van der Waals surface area contributed by atoms with Gasteiger partial charge >= 0.3 is 0 Å². The van der Waals surface area contributed by atoms with Crippen molar-refractivity contribution in [1.29, 1.82) is 0 Å². The number of benzene rings is 1. The molecule has 1 unspecified atom stereocenters. The van der Waals surface area contributed by atoms with E-state index < -0.39 is 10.0 Å². The summed E-state index contributed by atoms with van der Waals surface area (Å²) in [5, 5.41) is 0. The molecule has 1 saturated heterocycles. The van der Waals surface area contributed by atoms with Gasteiger partial charge in [0.25, 0.3) is 0 Å². The first-order valence-corrected chi connectivity index (χ1v) is 11.1. The van der Waals surface area contributed by atoms with Crippen LogP contribution in [0.3, 0.4) is 0 Å². The maximum atomic E-state index is 13.5. The molecule has 0 amide bonds. The van der Waals surface area contributed by atoms with Gasteiger partial charge in [0.05, 0.1) is 6.61 Å². The molecule has 3 rings (SSSR count). The third-order valence-electron chi connectivity index (χ3n) is 5.19. The van der Waals surface area contributed by atoms with Crippen molar-refractivity contribution in [3.63, 3.8) is 0 Å². The van der Waals surface area contributed by atoms with Crippen LogP contribution in [0.25, 0.3) is 0 Å². The second-order valence-electron chi connectivity index (χ2n) is 7.11. The third-order valence-corrected chi connectivity index (χ3v) is 7.16. The Hall–Kier alpha value is -1.86. The van der Waals surface area contributed by atoms with Gasteiger partial charge in [0.15, 0.2) is 0 Å². The lowest BCUT2D eigenvalue weighted by molar-refractivity contribution is 0.232. The fraction of sp³-hybridized carbons (Fsp3) is 0.550. The highest BCUT2D eigenvalue weighted by atomic mass is 32.2. The first-order valence-electron chi connectivity index (χ1n) is 9.66. The molecule has 1 aliphatic rings. The van der Waals surface area contributed by atoms with E-state index in [-0.39, 0.29) is 10.9 Å². The third kappa shape index (κ3) is 4.35. The van der Waals surface area contributed by atoms with E-state index in [1.165, 1.54) is 0 Å². The summed E-state index contributed by atoms with van der Waals surface area (Å²) >= 11 is 0. The topological polar surface area (TPSA) is 64.4 Å². The number of rotatable bonds is 7. The minimum atomic E-state index is -3.60. The number of sulfonamides is 1. The molecule has 148 valence electrons. The van der Waals surface area contributed by atoms with Crippen molar-refractivity contribution in [2.75, 3.05) is 13.2 Å². The second-order valence-corrected chi connectivity index (χ2v) is 8.96. The second kappa shape index (κ2) is 8.44. The highest BCUT2D eigenvalue weighted by Gasteiger charge is 2.35. The lowest BCUT2D eigenvalue weighted by Crippen LogP contribution is -2.44. The average molecular weight is 392 g/mol.